The largest absolute Gasteiger partial charge is 0.377 e. The van der Waals surface area contributed by atoms with Crippen molar-refractivity contribution in [3.63, 3.8) is 0 Å². The topological polar surface area (TPSA) is 39.9 Å². The van der Waals surface area contributed by atoms with Crippen LogP contribution in [0, 0.1) is 5.92 Å². The molecule has 2 atom stereocenters. The second-order valence-corrected chi connectivity index (χ2v) is 9.01. The Bertz CT molecular complexity index is 703. The van der Waals surface area contributed by atoms with E-state index in [9.17, 15) is 0 Å². The molecule has 1 saturated heterocycles. The van der Waals surface area contributed by atoms with Crippen LogP contribution in [-0.4, -0.2) is 33.2 Å². The third kappa shape index (κ3) is 3.28. The molecule has 2 aliphatic rings. The Morgan fingerprint density at radius 3 is 3.08 bits per heavy atom. The van der Waals surface area contributed by atoms with Gasteiger partial charge < -0.3 is 9.30 Å². The van der Waals surface area contributed by atoms with E-state index in [1.807, 2.05) is 11.3 Å². The second-order valence-electron chi connectivity index (χ2n) is 6.89. The molecular weight excluding hydrogens is 338 g/mol. The lowest BCUT2D eigenvalue weighted by Gasteiger charge is -2.19. The number of ether oxygens (including phenoxy) is 1. The van der Waals surface area contributed by atoms with Crippen molar-refractivity contribution in [2.75, 3.05) is 12.4 Å². The van der Waals surface area contributed by atoms with Crippen LogP contribution >= 0.6 is 23.1 Å². The molecule has 2 aromatic heterocycles. The van der Waals surface area contributed by atoms with Gasteiger partial charge in [0, 0.05) is 24.3 Å². The molecule has 24 heavy (non-hydrogen) atoms. The zero-order valence-corrected chi connectivity index (χ0v) is 16.1. The second kappa shape index (κ2) is 7.18. The van der Waals surface area contributed by atoms with Gasteiger partial charge in [-0.3, -0.25) is 0 Å². The minimum atomic E-state index is 0.384. The summed E-state index contributed by atoms with van der Waals surface area (Å²) in [4.78, 5) is 2.84. The Hall–Kier alpha value is -0.850. The van der Waals surface area contributed by atoms with Crippen molar-refractivity contribution in [3.8, 4) is 10.7 Å². The molecule has 0 N–H and O–H groups in total. The molecule has 0 spiro atoms. The van der Waals surface area contributed by atoms with E-state index in [2.05, 4.69) is 34.8 Å². The number of nitrogens with zero attached hydrogens (tertiary/aromatic N) is 3. The Morgan fingerprint density at radius 1 is 1.38 bits per heavy atom. The van der Waals surface area contributed by atoms with Crippen molar-refractivity contribution in [3.05, 3.63) is 16.5 Å². The third-order valence-electron chi connectivity index (χ3n) is 5.24. The summed E-state index contributed by atoms with van der Waals surface area (Å²) in [5.41, 5.74) is 1.55. The number of hydrogen-bond donors (Lipinski definition) is 0. The van der Waals surface area contributed by atoms with Gasteiger partial charge in [-0.05, 0) is 49.7 Å². The normalized spacial score (nSPS) is 23.6. The van der Waals surface area contributed by atoms with Crippen molar-refractivity contribution < 1.29 is 4.74 Å². The first-order valence-electron chi connectivity index (χ1n) is 9.00. The number of rotatable bonds is 5. The van der Waals surface area contributed by atoms with Crippen LogP contribution < -0.4 is 0 Å². The van der Waals surface area contributed by atoms with Gasteiger partial charge in [-0.15, -0.1) is 21.5 Å². The summed E-state index contributed by atoms with van der Waals surface area (Å²) in [5.74, 6) is 2.85. The van der Waals surface area contributed by atoms with Gasteiger partial charge in [0.05, 0.1) is 11.0 Å². The predicted octanol–water partition coefficient (Wildman–Crippen LogP) is 4.33. The summed E-state index contributed by atoms with van der Waals surface area (Å²) in [6.07, 6.45) is 7.85. The quantitative estimate of drug-likeness (QED) is 0.741. The molecule has 0 aromatic carbocycles. The van der Waals surface area contributed by atoms with Crippen molar-refractivity contribution >= 4 is 23.1 Å². The minimum Gasteiger partial charge on any atom is -0.377 e. The van der Waals surface area contributed by atoms with Crippen LogP contribution in [0.25, 0.3) is 10.7 Å². The van der Waals surface area contributed by atoms with E-state index in [0.29, 0.717) is 6.10 Å². The fraction of sp³-hybridized carbons (Fsp3) is 0.667. The van der Waals surface area contributed by atoms with Crippen LogP contribution in [-0.2, 0) is 24.6 Å². The molecule has 2 aromatic rings. The number of aromatic nitrogens is 3. The average molecular weight is 364 g/mol. The Labute approximate surface area is 152 Å². The molecule has 0 bridgehead atoms. The van der Waals surface area contributed by atoms with E-state index < -0.39 is 0 Å². The first-order valence-corrected chi connectivity index (χ1v) is 10.8. The zero-order chi connectivity index (χ0) is 16.5. The summed E-state index contributed by atoms with van der Waals surface area (Å²) in [5, 5.41) is 9.89. The maximum absolute atomic E-state index is 5.71. The third-order valence-corrected chi connectivity index (χ3v) is 7.63. The Kier molecular flexibility index (Phi) is 4.97. The van der Waals surface area contributed by atoms with Gasteiger partial charge in [-0.1, -0.05) is 25.1 Å². The van der Waals surface area contributed by atoms with Crippen LogP contribution in [0.4, 0.5) is 0 Å². The van der Waals surface area contributed by atoms with E-state index in [4.69, 9.17) is 4.74 Å². The maximum atomic E-state index is 5.71. The fourth-order valence-electron chi connectivity index (χ4n) is 3.66. The van der Waals surface area contributed by atoms with Gasteiger partial charge in [-0.25, -0.2) is 0 Å². The molecule has 1 aliphatic carbocycles. The lowest BCUT2D eigenvalue weighted by atomic mass is 9.87. The summed E-state index contributed by atoms with van der Waals surface area (Å²) in [6, 6.07) is 2.36. The highest BCUT2D eigenvalue weighted by atomic mass is 32.2. The van der Waals surface area contributed by atoms with Gasteiger partial charge >= 0.3 is 0 Å². The monoisotopic (exact) mass is 363 g/mol. The van der Waals surface area contributed by atoms with Gasteiger partial charge in [0.15, 0.2) is 11.0 Å². The van der Waals surface area contributed by atoms with E-state index >= 15 is 0 Å². The van der Waals surface area contributed by atoms with Crippen molar-refractivity contribution in [1.29, 1.82) is 0 Å². The van der Waals surface area contributed by atoms with E-state index in [1.54, 1.807) is 22.2 Å². The smallest absolute Gasteiger partial charge is 0.191 e. The average Bonchev–Trinajstić information content (AvgIpc) is 3.31. The van der Waals surface area contributed by atoms with Gasteiger partial charge in [0.1, 0.15) is 0 Å². The minimum absolute atomic E-state index is 0.384. The zero-order valence-electron chi connectivity index (χ0n) is 14.5. The summed E-state index contributed by atoms with van der Waals surface area (Å²) in [7, 11) is 2.08. The van der Waals surface area contributed by atoms with Crippen LogP contribution in [0.3, 0.4) is 0 Å². The van der Waals surface area contributed by atoms with Crippen LogP contribution in [0.1, 0.15) is 43.0 Å². The van der Waals surface area contributed by atoms with Crippen LogP contribution in [0.5, 0.6) is 0 Å². The number of hydrogen-bond acceptors (Lipinski definition) is 5. The van der Waals surface area contributed by atoms with Crippen LogP contribution in [0.2, 0.25) is 0 Å². The van der Waals surface area contributed by atoms with Crippen molar-refractivity contribution in [1.82, 2.24) is 14.8 Å². The molecule has 0 amide bonds. The number of aryl methyl sites for hydroxylation is 1. The molecule has 3 heterocycles. The van der Waals surface area contributed by atoms with Crippen molar-refractivity contribution in [2.45, 2.75) is 56.7 Å². The first kappa shape index (κ1) is 16.6. The highest BCUT2D eigenvalue weighted by Gasteiger charge is 2.23. The standard InChI is InChI=1S/C18H25N3OS2/c1-3-12-6-7-15-13(9-12)10-16(24-15)17-19-20-18(21(17)2)23-11-14-5-4-8-22-14/h10,12,14H,3-9,11H2,1-2H3. The number of thioether (sulfide) groups is 1. The summed E-state index contributed by atoms with van der Waals surface area (Å²) < 4.78 is 7.85. The first-order chi connectivity index (χ1) is 11.7. The summed E-state index contributed by atoms with van der Waals surface area (Å²) in [6.45, 7) is 3.22. The molecular formula is C18H25N3OS2. The molecule has 1 fully saturated rings. The lowest BCUT2D eigenvalue weighted by molar-refractivity contribution is 0.129. The molecule has 4 nitrogen and oxygen atoms in total. The van der Waals surface area contributed by atoms with Gasteiger partial charge in [0.25, 0.3) is 0 Å². The molecule has 1 aliphatic heterocycles. The molecule has 0 saturated carbocycles. The molecule has 6 heteroatoms. The molecule has 130 valence electrons. The van der Waals surface area contributed by atoms with Gasteiger partial charge in [-0.2, -0.15) is 0 Å². The van der Waals surface area contributed by atoms with E-state index in [1.165, 1.54) is 43.4 Å². The lowest BCUT2D eigenvalue weighted by Crippen LogP contribution is -2.10. The highest BCUT2D eigenvalue weighted by Crippen LogP contribution is 2.38. The van der Waals surface area contributed by atoms with Gasteiger partial charge in [0.2, 0.25) is 0 Å². The van der Waals surface area contributed by atoms with Crippen LogP contribution in [0.15, 0.2) is 11.2 Å². The number of fused-ring (bicyclic) bond motifs is 1. The Morgan fingerprint density at radius 2 is 2.29 bits per heavy atom. The fourth-order valence-corrected chi connectivity index (χ4v) is 5.86. The molecule has 4 rings (SSSR count). The Balaban J connectivity index is 1.49. The van der Waals surface area contributed by atoms with Crippen molar-refractivity contribution in [2.24, 2.45) is 13.0 Å². The highest BCUT2D eigenvalue weighted by molar-refractivity contribution is 7.99. The van der Waals surface area contributed by atoms with E-state index in [-0.39, 0.29) is 0 Å². The molecule has 2 unspecified atom stereocenters. The maximum Gasteiger partial charge on any atom is 0.191 e. The molecule has 0 radical (unpaired) electrons. The van der Waals surface area contributed by atoms with E-state index in [0.717, 1.165) is 29.3 Å². The summed E-state index contributed by atoms with van der Waals surface area (Å²) >= 11 is 3.68. The predicted molar refractivity (Wildman–Crippen MR) is 99.8 cm³/mol. The SMILES string of the molecule is CCC1CCc2sc(-c3nnc(SCC4CCCO4)n3C)cc2C1. The number of thiophene rings is 1.